The number of epoxide rings is 1. The summed E-state index contributed by atoms with van der Waals surface area (Å²) in [6, 6.07) is 8.07. The zero-order valence-electron chi connectivity index (χ0n) is 33.2. The van der Waals surface area contributed by atoms with Crippen molar-refractivity contribution in [3.05, 3.63) is 71.3 Å². The van der Waals surface area contributed by atoms with Crippen molar-refractivity contribution in [2.45, 2.75) is 161 Å². The Bertz CT molecular complexity index is 1400. The van der Waals surface area contributed by atoms with Crippen molar-refractivity contribution in [3.63, 3.8) is 0 Å². The number of nitrogens with one attached hydrogen (secondary N) is 1. The van der Waals surface area contributed by atoms with Gasteiger partial charge in [-0.1, -0.05) is 90.1 Å². The second-order valence-electron chi connectivity index (χ2n) is 16.3. The SMILES string of the molecule is CC[C@H](OC)[C@@H](C)[C@H]1O[C@@H]1C(NCc1ccc(C(C)(C)C)cc1)C(C)(O)/C=C/C=C(\C)[C@H]1OC(=O)C[C@H](O)CC[C@@](C)(O)[C@@H](OC(C)=O)/C=C/[C@@H]1C. The molecule has 0 bridgehead atoms. The van der Waals surface area contributed by atoms with Crippen LogP contribution in [0.1, 0.15) is 106 Å². The Morgan fingerprint density at radius 3 is 2.37 bits per heavy atom. The third-order valence-electron chi connectivity index (χ3n) is 10.5. The third kappa shape index (κ3) is 12.4. The molecular formula is C42H65NO9. The summed E-state index contributed by atoms with van der Waals surface area (Å²) in [4.78, 5) is 24.8. The van der Waals surface area contributed by atoms with Gasteiger partial charge in [-0.15, -0.1) is 0 Å². The van der Waals surface area contributed by atoms with Crippen molar-refractivity contribution in [2.75, 3.05) is 7.11 Å². The maximum absolute atomic E-state index is 12.9. The number of rotatable bonds is 13. The largest absolute Gasteiger partial charge is 0.457 e. The number of allylic oxidation sites excluding steroid dienone is 2. The Morgan fingerprint density at radius 1 is 1.13 bits per heavy atom. The van der Waals surface area contributed by atoms with Crippen LogP contribution in [-0.4, -0.2) is 88.2 Å². The average molecular weight is 728 g/mol. The summed E-state index contributed by atoms with van der Waals surface area (Å²) in [5.74, 6) is -1.36. The number of aliphatic hydroxyl groups excluding tert-OH is 1. The minimum absolute atomic E-state index is 0.0351. The fraction of sp³-hybridized carbons (Fsp3) is 0.667. The van der Waals surface area contributed by atoms with Crippen LogP contribution in [0.2, 0.25) is 0 Å². The summed E-state index contributed by atoms with van der Waals surface area (Å²) < 4.78 is 23.3. The third-order valence-corrected chi connectivity index (χ3v) is 10.5. The van der Waals surface area contributed by atoms with Gasteiger partial charge in [0, 0.05) is 32.4 Å². The maximum atomic E-state index is 12.9. The molecule has 2 aliphatic rings. The first-order valence-corrected chi connectivity index (χ1v) is 18.7. The number of carbonyl (C=O) groups excluding carboxylic acids is 2. The fourth-order valence-corrected chi connectivity index (χ4v) is 7.02. The quantitative estimate of drug-likeness (QED) is 0.0844. The highest BCUT2D eigenvalue weighted by Crippen LogP contribution is 2.39. The molecule has 1 aromatic carbocycles. The molecule has 1 fully saturated rings. The number of cyclic esters (lactones) is 1. The lowest BCUT2D eigenvalue weighted by Gasteiger charge is -2.32. The van der Waals surface area contributed by atoms with Gasteiger partial charge < -0.3 is 39.6 Å². The summed E-state index contributed by atoms with van der Waals surface area (Å²) in [6.07, 6.45) is 6.48. The molecule has 52 heavy (non-hydrogen) atoms. The Labute approximate surface area is 311 Å². The minimum Gasteiger partial charge on any atom is -0.457 e. The van der Waals surface area contributed by atoms with E-state index in [9.17, 15) is 24.9 Å². The molecule has 1 saturated heterocycles. The van der Waals surface area contributed by atoms with Gasteiger partial charge in [0.05, 0.1) is 36.4 Å². The van der Waals surface area contributed by atoms with Crippen molar-refractivity contribution in [2.24, 2.45) is 11.8 Å². The monoisotopic (exact) mass is 727 g/mol. The van der Waals surface area contributed by atoms with E-state index in [2.05, 4.69) is 64.2 Å². The van der Waals surface area contributed by atoms with E-state index in [4.69, 9.17) is 18.9 Å². The first-order chi connectivity index (χ1) is 24.2. The van der Waals surface area contributed by atoms with E-state index < -0.39 is 47.5 Å². The van der Waals surface area contributed by atoms with E-state index in [0.717, 1.165) is 12.0 Å². The molecule has 10 nitrogen and oxygen atoms in total. The van der Waals surface area contributed by atoms with Gasteiger partial charge >= 0.3 is 11.9 Å². The van der Waals surface area contributed by atoms with Gasteiger partial charge in [0.25, 0.3) is 0 Å². The van der Waals surface area contributed by atoms with Gasteiger partial charge in [0.1, 0.15) is 23.9 Å². The van der Waals surface area contributed by atoms with E-state index in [1.807, 2.05) is 13.8 Å². The highest BCUT2D eigenvalue weighted by atomic mass is 16.6. The molecule has 1 aromatic rings. The van der Waals surface area contributed by atoms with Crippen LogP contribution in [0.25, 0.3) is 0 Å². The molecule has 11 atom stereocenters. The highest BCUT2D eigenvalue weighted by molar-refractivity contribution is 5.70. The van der Waals surface area contributed by atoms with Crippen molar-refractivity contribution in [1.82, 2.24) is 5.32 Å². The zero-order chi connectivity index (χ0) is 39.0. The molecule has 0 aromatic heterocycles. The Hall–Kier alpha value is -2.86. The summed E-state index contributed by atoms with van der Waals surface area (Å²) in [7, 11) is 1.72. The average Bonchev–Trinajstić information content (AvgIpc) is 3.84. The lowest BCUT2D eigenvalue weighted by atomic mass is 9.86. The van der Waals surface area contributed by atoms with Crippen molar-refractivity contribution in [3.8, 4) is 0 Å². The molecule has 4 N–H and O–H groups in total. The lowest BCUT2D eigenvalue weighted by molar-refractivity contribution is -0.157. The topological polar surface area (TPSA) is 147 Å². The van der Waals surface area contributed by atoms with Crippen LogP contribution >= 0.6 is 0 Å². The maximum Gasteiger partial charge on any atom is 0.309 e. The smallest absolute Gasteiger partial charge is 0.309 e. The molecular weight excluding hydrogens is 662 g/mol. The van der Waals surface area contributed by atoms with E-state index in [1.54, 1.807) is 51.3 Å². The van der Waals surface area contributed by atoms with Crippen LogP contribution in [0.5, 0.6) is 0 Å². The van der Waals surface area contributed by atoms with Crippen LogP contribution in [-0.2, 0) is 40.5 Å². The van der Waals surface area contributed by atoms with Gasteiger partial charge in [0.15, 0.2) is 0 Å². The second-order valence-corrected chi connectivity index (χ2v) is 16.3. The van der Waals surface area contributed by atoms with Gasteiger partial charge in [-0.3, -0.25) is 9.59 Å². The number of aliphatic hydroxyl groups is 3. The van der Waals surface area contributed by atoms with Crippen molar-refractivity contribution >= 4 is 11.9 Å². The summed E-state index contributed by atoms with van der Waals surface area (Å²) in [5.41, 5.74) is 0.297. The first-order valence-electron chi connectivity index (χ1n) is 18.7. The molecule has 10 heteroatoms. The van der Waals surface area contributed by atoms with Crippen LogP contribution in [0.15, 0.2) is 60.2 Å². The van der Waals surface area contributed by atoms with E-state index in [0.29, 0.717) is 12.1 Å². The lowest BCUT2D eigenvalue weighted by Crippen LogP contribution is -2.52. The summed E-state index contributed by atoms with van der Waals surface area (Å²) in [5, 5.41) is 37.2. The summed E-state index contributed by atoms with van der Waals surface area (Å²) in [6.45, 7) is 19.6. The number of benzene rings is 1. The first kappa shape index (κ1) is 43.5. The number of hydrogen-bond donors (Lipinski definition) is 4. The van der Waals surface area contributed by atoms with Gasteiger partial charge in [-0.2, -0.15) is 0 Å². The van der Waals surface area contributed by atoms with E-state index in [-0.39, 0.29) is 54.8 Å². The zero-order valence-corrected chi connectivity index (χ0v) is 33.2. The van der Waals surface area contributed by atoms with E-state index in [1.165, 1.54) is 12.5 Å². The summed E-state index contributed by atoms with van der Waals surface area (Å²) >= 11 is 0. The molecule has 0 aliphatic carbocycles. The Morgan fingerprint density at radius 2 is 1.79 bits per heavy atom. The number of esters is 2. The number of ether oxygens (including phenoxy) is 4. The number of carbonyl (C=O) groups is 2. The van der Waals surface area contributed by atoms with Gasteiger partial charge in [-0.05, 0) is 68.2 Å². The van der Waals surface area contributed by atoms with Crippen molar-refractivity contribution in [1.29, 1.82) is 0 Å². The molecule has 0 spiro atoms. The van der Waals surface area contributed by atoms with Crippen LogP contribution in [0.3, 0.4) is 0 Å². The molecule has 2 unspecified atom stereocenters. The van der Waals surface area contributed by atoms with Gasteiger partial charge in [-0.25, -0.2) is 0 Å². The number of methoxy groups -OCH3 is 1. The van der Waals surface area contributed by atoms with E-state index >= 15 is 0 Å². The predicted molar refractivity (Wildman–Crippen MR) is 202 cm³/mol. The van der Waals surface area contributed by atoms with Crippen LogP contribution in [0, 0.1) is 11.8 Å². The standard InChI is InChI=1S/C42H65NO9/c1-12-33(49-11)28(4)37-38(52-37)39(43-25-30-16-18-31(19-17-30)40(6,7)8)42(10,48)22-13-14-26(2)36-27(3)15-20-34(50-29(5)44)41(9,47)23-21-32(45)24-35(46)51-36/h13-20,22,27-28,32-34,36-39,43,45,47-48H,12,21,23-25H2,1-11H3/b20-15+,22-13+,26-14+/t27-,28+,32+,33-,34-,36+,37+,38-,39?,41+,42?/m0/s1. The molecule has 292 valence electrons. The highest BCUT2D eigenvalue weighted by Gasteiger charge is 2.54. The number of hydrogen-bond acceptors (Lipinski definition) is 10. The molecule has 2 aliphatic heterocycles. The minimum atomic E-state index is -1.45. The Kier molecular flexibility index (Phi) is 15.5. The van der Waals surface area contributed by atoms with Crippen LogP contribution in [0.4, 0.5) is 0 Å². The molecule has 0 saturated carbocycles. The predicted octanol–water partition coefficient (Wildman–Crippen LogP) is 5.86. The second kappa shape index (κ2) is 18.5. The molecule has 0 radical (unpaired) electrons. The van der Waals surface area contributed by atoms with Gasteiger partial charge in [0.2, 0.25) is 0 Å². The van der Waals surface area contributed by atoms with Crippen LogP contribution < -0.4 is 5.32 Å². The molecule has 2 heterocycles. The fourth-order valence-electron chi connectivity index (χ4n) is 7.02. The molecule has 3 rings (SSSR count). The van der Waals surface area contributed by atoms with Crippen molar-refractivity contribution < 1.29 is 43.9 Å². The normalized spacial score (nSPS) is 31.3. The Balaban J connectivity index is 1.88. The molecule has 0 amide bonds.